The Morgan fingerprint density at radius 2 is 1.82 bits per heavy atom. The quantitative estimate of drug-likeness (QED) is 0.897. The predicted octanol–water partition coefficient (Wildman–Crippen LogP) is 3.45. The Morgan fingerprint density at radius 1 is 1.12 bits per heavy atom. The van der Waals surface area contributed by atoms with Crippen LogP contribution in [0.25, 0.3) is 10.6 Å². The molecular weight excluding hydrogens is 228 g/mol. The second-order valence-electron chi connectivity index (χ2n) is 4.41. The summed E-state index contributed by atoms with van der Waals surface area (Å²) in [7, 11) is 1.96. The van der Waals surface area contributed by atoms with Gasteiger partial charge in [0.2, 0.25) is 0 Å². The normalized spacial score (nSPS) is 10.8. The second kappa shape index (κ2) is 4.98. The van der Waals surface area contributed by atoms with Crippen molar-refractivity contribution in [1.29, 1.82) is 0 Å². The molecule has 90 valence electrons. The maximum absolute atomic E-state index is 4.52. The average molecular weight is 246 g/mol. The fourth-order valence-electron chi connectivity index (χ4n) is 1.88. The van der Waals surface area contributed by atoms with Crippen molar-refractivity contribution in [3.63, 3.8) is 0 Å². The van der Waals surface area contributed by atoms with E-state index in [0.29, 0.717) is 0 Å². The van der Waals surface area contributed by atoms with Crippen LogP contribution in [0.3, 0.4) is 0 Å². The molecule has 1 heterocycles. The van der Waals surface area contributed by atoms with Gasteiger partial charge in [0.1, 0.15) is 5.01 Å². The van der Waals surface area contributed by atoms with E-state index in [1.165, 1.54) is 27.1 Å². The van der Waals surface area contributed by atoms with Crippen molar-refractivity contribution in [3.05, 3.63) is 39.9 Å². The lowest BCUT2D eigenvalue weighted by atomic mass is 10.0. The Labute approximate surface area is 107 Å². The SMILES string of the molecule is CNCc1cnc(-c2cc(C)c(C)cc2C)s1. The average Bonchev–Trinajstić information content (AvgIpc) is 2.72. The van der Waals surface area contributed by atoms with Gasteiger partial charge in [-0.1, -0.05) is 6.07 Å². The van der Waals surface area contributed by atoms with Crippen LogP contribution in [0, 0.1) is 20.8 Å². The zero-order valence-electron chi connectivity index (χ0n) is 10.8. The van der Waals surface area contributed by atoms with E-state index in [1.807, 2.05) is 13.2 Å². The number of nitrogens with one attached hydrogen (secondary N) is 1. The zero-order valence-corrected chi connectivity index (χ0v) is 11.6. The van der Waals surface area contributed by atoms with Gasteiger partial charge in [0, 0.05) is 23.2 Å². The minimum atomic E-state index is 0.890. The first-order valence-electron chi connectivity index (χ1n) is 5.79. The van der Waals surface area contributed by atoms with Crippen LogP contribution in [-0.2, 0) is 6.54 Å². The number of benzene rings is 1. The zero-order chi connectivity index (χ0) is 12.4. The first-order chi connectivity index (χ1) is 8.11. The highest BCUT2D eigenvalue weighted by Gasteiger charge is 2.08. The number of thiazole rings is 1. The van der Waals surface area contributed by atoms with E-state index in [0.717, 1.165) is 11.6 Å². The third-order valence-corrected chi connectivity index (χ3v) is 4.01. The maximum atomic E-state index is 4.52. The van der Waals surface area contributed by atoms with Gasteiger partial charge in [-0.2, -0.15) is 0 Å². The van der Waals surface area contributed by atoms with E-state index in [2.05, 4.69) is 43.2 Å². The molecule has 0 amide bonds. The number of hydrogen-bond acceptors (Lipinski definition) is 3. The number of aromatic nitrogens is 1. The van der Waals surface area contributed by atoms with E-state index in [4.69, 9.17) is 0 Å². The maximum Gasteiger partial charge on any atom is 0.123 e. The molecule has 2 nitrogen and oxygen atoms in total. The third-order valence-electron chi connectivity index (χ3n) is 2.98. The third kappa shape index (κ3) is 2.56. The summed E-state index contributed by atoms with van der Waals surface area (Å²) >= 11 is 1.77. The summed E-state index contributed by atoms with van der Waals surface area (Å²) in [6, 6.07) is 4.48. The molecule has 0 bridgehead atoms. The van der Waals surface area contributed by atoms with Crippen molar-refractivity contribution in [2.24, 2.45) is 0 Å². The molecule has 0 aliphatic rings. The molecule has 0 saturated heterocycles. The molecule has 2 rings (SSSR count). The summed E-state index contributed by atoms with van der Waals surface area (Å²) in [6.45, 7) is 7.35. The molecule has 17 heavy (non-hydrogen) atoms. The lowest BCUT2D eigenvalue weighted by molar-refractivity contribution is 0.829. The predicted molar refractivity (Wildman–Crippen MR) is 74.5 cm³/mol. The van der Waals surface area contributed by atoms with Crippen LogP contribution in [0.1, 0.15) is 21.6 Å². The highest BCUT2D eigenvalue weighted by Crippen LogP contribution is 2.29. The second-order valence-corrected chi connectivity index (χ2v) is 5.53. The van der Waals surface area contributed by atoms with Crippen LogP contribution in [0.15, 0.2) is 18.3 Å². The molecule has 0 spiro atoms. The minimum Gasteiger partial charge on any atom is -0.315 e. The van der Waals surface area contributed by atoms with Crippen molar-refractivity contribution in [3.8, 4) is 10.6 Å². The van der Waals surface area contributed by atoms with E-state index in [9.17, 15) is 0 Å². The molecule has 3 heteroatoms. The Hall–Kier alpha value is -1.19. The van der Waals surface area contributed by atoms with Gasteiger partial charge in [0.25, 0.3) is 0 Å². The largest absolute Gasteiger partial charge is 0.315 e. The Balaban J connectivity index is 2.41. The van der Waals surface area contributed by atoms with E-state index >= 15 is 0 Å². The molecule has 0 aliphatic carbocycles. The summed E-state index contributed by atoms with van der Waals surface area (Å²) in [6.07, 6.45) is 1.96. The highest BCUT2D eigenvalue weighted by atomic mass is 32.1. The van der Waals surface area contributed by atoms with Gasteiger partial charge in [-0.3, -0.25) is 0 Å². The van der Waals surface area contributed by atoms with Crippen molar-refractivity contribution < 1.29 is 0 Å². The molecule has 1 aromatic carbocycles. The fraction of sp³-hybridized carbons (Fsp3) is 0.357. The van der Waals surface area contributed by atoms with Gasteiger partial charge in [-0.15, -0.1) is 11.3 Å². The first kappa shape index (κ1) is 12.3. The number of nitrogens with zero attached hydrogens (tertiary/aromatic N) is 1. The summed E-state index contributed by atoms with van der Waals surface area (Å²) in [5.74, 6) is 0. The van der Waals surface area contributed by atoms with Gasteiger partial charge in [0.05, 0.1) is 0 Å². The molecule has 2 aromatic rings. The molecule has 0 saturated carbocycles. The van der Waals surface area contributed by atoms with Crippen molar-refractivity contribution in [1.82, 2.24) is 10.3 Å². The summed E-state index contributed by atoms with van der Waals surface area (Å²) in [5.41, 5.74) is 5.24. The van der Waals surface area contributed by atoms with E-state index in [1.54, 1.807) is 11.3 Å². The molecule has 1 aromatic heterocycles. The van der Waals surface area contributed by atoms with Gasteiger partial charge >= 0.3 is 0 Å². The van der Waals surface area contributed by atoms with Gasteiger partial charge < -0.3 is 5.32 Å². The van der Waals surface area contributed by atoms with Crippen LogP contribution >= 0.6 is 11.3 Å². The van der Waals surface area contributed by atoms with Crippen LogP contribution in [0.5, 0.6) is 0 Å². The van der Waals surface area contributed by atoms with Crippen LogP contribution in [0.2, 0.25) is 0 Å². The Bertz CT molecular complexity index is 529. The van der Waals surface area contributed by atoms with Crippen LogP contribution < -0.4 is 5.32 Å². The molecular formula is C14H18N2S. The van der Waals surface area contributed by atoms with Crippen molar-refractivity contribution in [2.75, 3.05) is 7.05 Å². The molecule has 0 radical (unpaired) electrons. The number of aryl methyl sites for hydroxylation is 3. The van der Waals surface area contributed by atoms with E-state index < -0.39 is 0 Å². The molecule has 0 aliphatic heterocycles. The van der Waals surface area contributed by atoms with Gasteiger partial charge in [-0.05, 0) is 50.6 Å². The van der Waals surface area contributed by atoms with Crippen molar-refractivity contribution in [2.45, 2.75) is 27.3 Å². The lowest BCUT2D eigenvalue weighted by Gasteiger charge is -2.07. The lowest BCUT2D eigenvalue weighted by Crippen LogP contribution is -2.02. The molecule has 0 unspecified atom stereocenters. The number of hydrogen-bond donors (Lipinski definition) is 1. The molecule has 1 N–H and O–H groups in total. The topological polar surface area (TPSA) is 24.9 Å². The van der Waals surface area contributed by atoms with Crippen molar-refractivity contribution >= 4 is 11.3 Å². The van der Waals surface area contributed by atoms with Crippen LogP contribution in [0.4, 0.5) is 0 Å². The first-order valence-corrected chi connectivity index (χ1v) is 6.61. The number of rotatable bonds is 3. The summed E-state index contributed by atoms with van der Waals surface area (Å²) in [5, 5.41) is 4.28. The smallest absolute Gasteiger partial charge is 0.123 e. The molecule has 0 atom stereocenters. The summed E-state index contributed by atoms with van der Waals surface area (Å²) < 4.78 is 0. The monoisotopic (exact) mass is 246 g/mol. The van der Waals surface area contributed by atoms with Crippen LogP contribution in [-0.4, -0.2) is 12.0 Å². The van der Waals surface area contributed by atoms with Gasteiger partial charge in [-0.25, -0.2) is 4.98 Å². The van der Waals surface area contributed by atoms with Gasteiger partial charge in [0.15, 0.2) is 0 Å². The standard InChI is InChI=1S/C14H18N2S/c1-9-5-11(3)13(6-10(9)2)14-16-8-12(17-14)7-15-4/h5-6,8,15H,7H2,1-4H3. The Kier molecular flexibility index (Phi) is 3.60. The fourth-order valence-corrected chi connectivity index (χ4v) is 2.88. The highest BCUT2D eigenvalue weighted by molar-refractivity contribution is 7.15. The summed E-state index contributed by atoms with van der Waals surface area (Å²) in [4.78, 5) is 5.79. The van der Waals surface area contributed by atoms with E-state index in [-0.39, 0.29) is 0 Å². The minimum absolute atomic E-state index is 0.890. The molecule has 0 fully saturated rings. The Morgan fingerprint density at radius 3 is 2.53 bits per heavy atom.